The number of amides is 2. The Morgan fingerprint density at radius 3 is 2.19 bits per heavy atom. The van der Waals surface area contributed by atoms with Crippen molar-refractivity contribution in [2.75, 3.05) is 13.7 Å². The molecule has 6 nitrogen and oxygen atoms in total. The van der Waals surface area contributed by atoms with Crippen molar-refractivity contribution < 1.29 is 19.1 Å². The van der Waals surface area contributed by atoms with Gasteiger partial charge >= 0.3 is 0 Å². The van der Waals surface area contributed by atoms with E-state index in [1.165, 1.54) is 0 Å². The Morgan fingerprint density at radius 2 is 1.62 bits per heavy atom. The van der Waals surface area contributed by atoms with Gasteiger partial charge in [-0.3, -0.25) is 9.59 Å². The summed E-state index contributed by atoms with van der Waals surface area (Å²) in [6, 6.07) is 14.0. The van der Waals surface area contributed by atoms with Gasteiger partial charge in [0.2, 0.25) is 11.8 Å². The molecule has 0 aliphatic carbocycles. The summed E-state index contributed by atoms with van der Waals surface area (Å²) in [5, 5.41) is 3.58. The summed E-state index contributed by atoms with van der Waals surface area (Å²) in [6.45, 7) is 8.23. The molecule has 0 aliphatic heterocycles. The lowest BCUT2D eigenvalue weighted by Crippen LogP contribution is -2.52. The summed E-state index contributed by atoms with van der Waals surface area (Å²) in [7, 11) is 1.61. The molecule has 0 aromatic heterocycles. The van der Waals surface area contributed by atoms with E-state index in [0.717, 1.165) is 11.3 Å². The first-order valence-corrected chi connectivity index (χ1v) is 11.1. The van der Waals surface area contributed by atoms with Gasteiger partial charge in [-0.2, -0.15) is 0 Å². The molecule has 0 bridgehead atoms. The normalized spacial score (nSPS) is 12.1. The molecule has 0 aliphatic rings. The molecule has 0 radical (unpaired) electrons. The average Bonchev–Trinajstić information content (AvgIpc) is 2.75. The zero-order chi connectivity index (χ0) is 23.7. The van der Waals surface area contributed by atoms with E-state index < -0.39 is 6.04 Å². The van der Waals surface area contributed by atoms with Gasteiger partial charge in [-0.1, -0.05) is 23.7 Å². The van der Waals surface area contributed by atoms with E-state index in [2.05, 4.69) is 5.32 Å². The minimum atomic E-state index is -0.611. The predicted octanol–water partition coefficient (Wildman–Crippen LogP) is 4.84. The first-order chi connectivity index (χ1) is 15.1. The highest BCUT2D eigenvalue weighted by atomic mass is 35.5. The first-order valence-electron chi connectivity index (χ1n) is 10.7. The van der Waals surface area contributed by atoms with Crippen LogP contribution in [-0.4, -0.2) is 42.0 Å². The lowest BCUT2D eigenvalue weighted by molar-refractivity contribution is -0.141. The number of benzene rings is 2. The van der Waals surface area contributed by atoms with Crippen LogP contribution in [0.5, 0.6) is 11.5 Å². The summed E-state index contributed by atoms with van der Waals surface area (Å²) in [5.41, 5.74) is 0.527. The number of nitrogens with one attached hydrogen (secondary N) is 1. The van der Waals surface area contributed by atoms with Crippen molar-refractivity contribution in [1.82, 2.24) is 10.2 Å². The third-order valence-corrected chi connectivity index (χ3v) is 5.05. The number of ether oxygens (including phenoxy) is 2. The van der Waals surface area contributed by atoms with Gasteiger partial charge in [0.15, 0.2) is 0 Å². The number of methoxy groups -OCH3 is 1. The van der Waals surface area contributed by atoms with Gasteiger partial charge in [0.05, 0.1) is 13.7 Å². The number of rotatable bonds is 10. The van der Waals surface area contributed by atoms with E-state index in [0.29, 0.717) is 30.3 Å². The van der Waals surface area contributed by atoms with Crippen molar-refractivity contribution in [3.63, 3.8) is 0 Å². The molecule has 2 amide bonds. The molecular weight excluding hydrogens is 428 g/mol. The van der Waals surface area contributed by atoms with Crippen molar-refractivity contribution in [2.45, 2.75) is 58.7 Å². The molecule has 0 spiro atoms. The standard InChI is InChI=1S/C25H33ClN2O4/c1-18(24(30)27-25(2,3)4)28(17-19-8-10-20(26)11-9-19)23(29)7-6-16-32-22-14-12-21(31-5)13-15-22/h8-15,18H,6-7,16-17H2,1-5H3,(H,27,30)/t18-/m1/s1. The zero-order valence-electron chi connectivity index (χ0n) is 19.5. The van der Waals surface area contributed by atoms with Crippen LogP contribution in [0.2, 0.25) is 5.02 Å². The van der Waals surface area contributed by atoms with Crippen LogP contribution in [0.25, 0.3) is 0 Å². The predicted molar refractivity (Wildman–Crippen MR) is 127 cm³/mol. The summed E-state index contributed by atoms with van der Waals surface area (Å²) in [4.78, 5) is 27.4. The largest absolute Gasteiger partial charge is 0.497 e. The topological polar surface area (TPSA) is 67.9 Å². The molecular formula is C25H33ClN2O4. The maximum Gasteiger partial charge on any atom is 0.242 e. The van der Waals surface area contributed by atoms with Crippen LogP contribution >= 0.6 is 11.6 Å². The Hall–Kier alpha value is -2.73. The lowest BCUT2D eigenvalue weighted by Gasteiger charge is -2.31. The van der Waals surface area contributed by atoms with Gasteiger partial charge < -0.3 is 19.7 Å². The Balaban J connectivity index is 1.99. The van der Waals surface area contributed by atoms with Crippen molar-refractivity contribution in [1.29, 1.82) is 0 Å². The molecule has 2 rings (SSSR count). The molecule has 1 N–H and O–H groups in total. The highest BCUT2D eigenvalue weighted by molar-refractivity contribution is 6.30. The van der Waals surface area contributed by atoms with Gasteiger partial charge in [0.1, 0.15) is 17.5 Å². The van der Waals surface area contributed by atoms with E-state index in [-0.39, 0.29) is 23.8 Å². The second kappa shape index (κ2) is 11.8. The molecule has 2 aromatic carbocycles. The van der Waals surface area contributed by atoms with Gasteiger partial charge in [0, 0.05) is 23.5 Å². The van der Waals surface area contributed by atoms with E-state index in [4.69, 9.17) is 21.1 Å². The monoisotopic (exact) mass is 460 g/mol. The van der Waals surface area contributed by atoms with Gasteiger partial charge in [-0.15, -0.1) is 0 Å². The third kappa shape index (κ3) is 8.42. The number of carbonyl (C=O) groups is 2. The Kier molecular flexibility index (Phi) is 9.39. The van der Waals surface area contributed by atoms with Crippen LogP contribution in [0.4, 0.5) is 0 Å². The number of hydrogen-bond acceptors (Lipinski definition) is 4. The van der Waals surface area contributed by atoms with E-state index >= 15 is 0 Å². The average molecular weight is 461 g/mol. The highest BCUT2D eigenvalue weighted by Crippen LogP contribution is 2.18. The highest BCUT2D eigenvalue weighted by Gasteiger charge is 2.28. The zero-order valence-corrected chi connectivity index (χ0v) is 20.2. The molecule has 2 aromatic rings. The van der Waals surface area contributed by atoms with Gasteiger partial charge in [0.25, 0.3) is 0 Å². The number of hydrogen-bond donors (Lipinski definition) is 1. The van der Waals surface area contributed by atoms with Crippen LogP contribution in [0, 0.1) is 0 Å². The lowest BCUT2D eigenvalue weighted by atomic mass is 10.1. The minimum absolute atomic E-state index is 0.102. The Morgan fingerprint density at radius 1 is 1.03 bits per heavy atom. The second-order valence-corrected chi connectivity index (χ2v) is 9.13. The SMILES string of the molecule is COc1ccc(OCCCC(=O)N(Cc2ccc(Cl)cc2)[C@H](C)C(=O)NC(C)(C)C)cc1. The van der Waals surface area contributed by atoms with E-state index in [1.54, 1.807) is 31.1 Å². The van der Waals surface area contributed by atoms with Crippen LogP contribution in [0.3, 0.4) is 0 Å². The molecule has 7 heteroatoms. The van der Waals surface area contributed by atoms with E-state index in [9.17, 15) is 9.59 Å². The van der Waals surface area contributed by atoms with E-state index in [1.807, 2.05) is 57.2 Å². The molecule has 0 saturated carbocycles. The quantitative estimate of drug-likeness (QED) is 0.515. The minimum Gasteiger partial charge on any atom is -0.497 e. The number of halogens is 1. The maximum atomic E-state index is 13.1. The molecule has 0 fully saturated rings. The fourth-order valence-electron chi connectivity index (χ4n) is 3.07. The fourth-order valence-corrected chi connectivity index (χ4v) is 3.20. The van der Waals surface area contributed by atoms with Crippen molar-refractivity contribution in [2.24, 2.45) is 0 Å². The van der Waals surface area contributed by atoms with Gasteiger partial charge in [-0.25, -0.2) is 0 Å². The molecule has 32 heavy (non-hydrogen) atoms. The molecule has 0 saturated heterocycles. The Bertz CT molecular complexity index is 876. The fraction of sp³-hybridized carbons (Fsp3) is 0.440. The summed E-state index contributed by atoms with van der Waals surface area (Å²) >= 11 is 5.98. The van der Waals surface area contributed by atoms with Crippen LogP contribution in [-0.2, 0) is 16.1 Å². The van der Waals surface area contributed by atoms with Crippen LogP contribution in [0.1, 0.15) is 46.1 Å². The van der Waals surface area contributed by atoms with Gasteiger partial charge in [-0.05, 0) is 76.1 Å². The smallest absolute Gasteiger partial charge is 0.242 e. The first kappa shape index (κ1) is 25.5. The molecule has 0 heterocycles. The maximum absolute atomic E-state index is 13.1. The van der Waals surface area contributed by atoms with Crippen LogP contribution < -0.4 is 14.8 Å². The second-order valence-electron chi connectivity index (χ2n) is 8.69. The van der Waals surface area contributed by atoms with Crippen molar-refractivity contribution in [3.05, 3.63) is 59.1 Å². The third-order valence-electron chi connectivity index (χ3n) is 4.79. The summed E-state index contributed by atoms with van der Waals surface area (Å²) < 4.78 is 10.9. The number of carbonyl (C=O) groups excluding carboxylic acids is 2. The van der Waals surface area contributed by atoms with Crippen molar-refractivity contribution >= 4 is 23.4 Å². The van der Waals surface area contributed by atoms with Crippen molar-refractivity contribution in [3.8, 4) is 11.5 Å². The summed E-state index contributed by atoms with van der Waals surface area (Å²) in [5.74, 6) is 1.19. The molecule has 1 atom stereocenters. The molecule has 174 valence electrons. The Labute approximate surface area is 195 Å². The van der Waals surface area contributed by atoms with Crippen LogP contribution in [0.15, 0.2) is 48.5 Å². The number of nitrogens with zero attached hydrogens (tertiary/aromatic N) is 1. The summed E-state index contributed by atoms with van der Waals surface area (Å²) in [6.07, 6.45) is 0.812. The molecule has 0 unspecified atom stereocenters.